The van der Waals surface area contributed by atoms with Crippen LogP contribution in [-0.2, 0) is 24.1 Å². The summed E-state index contributed by atoms with van der Waals surface area (Å²) in [5, 5.41) is 12.0. The number of ether oxygens (including phenoxy) is 1. The Morgan fingerprint density at radius 1 is 1.00 bits per heavy atom. The van der Waals surface area contributed by atoms with Crippen LogP contribution < -0.4 is 10.1 Å². The Bertz CT molecular complexity index is 1200. The predicted molar refractivity (Wildman–Crippen MR) is 114 cm³/mol. The molecule has 0 aliphatic rings. The molecule has 0 bridgehead atoms. The minimum absolute atomic E-state index is 0.103. The second kappa shape index (κ2) is 10.5. The minimum atomic E-state index is -4.46. The molecule has 0 saturated heterocycles. The van der Waals surface area contributed by atoms with Crippen LogP contribution in [0.15, 0.2) is 78.4 Å². The number of hydrogen-bond acceptors (Lipinski definition) is 3. The van der Waals surface area contributed by atoms with Crippen molar-refractivity contribution in [3.8, 4) is 11.8 Å². The summed E-state index contributed by atoms with van der Waals surface area (Å²) >= 11 is 0. The molecule has 1 N–H and O–H groups in total. The van der Waals surface area contributed by atoms with Crippen molar-refractivity contribution < 1.29 is 27.1 Å². The molecule has 168 valence electrons. The van der Waals surface area contributed by atoms with Gasteiger partial charge < -0.3 is 10.1 Å². The van der Waals surface area contributed by atoms with Gasteiger partial charge in [-0.25, -0.2) is 4.39 Å². The number of carbonyl (C=O) groups is 1. The highest BCUT2D eigenvalue weighted by molar-refractivity contribution is 6.01. The number of rotatable bonds is 7. The summed E-state index contributed by atoms with van der Waals surface area (Å²) in [7, 11) is 0. The molecule has 0 aliphatic carbocycles. The molecular formula is C25H18F4N2O2. The number of hydrogen-bond donors (Lipinski definition) is 1. The Labute approximate surface area is 187 Å². The fraction of sp³-hybridized carbons (Fsp3) is 0.120. The third-order valence-corrected chi connectivity index (χ3v) is 4.60. The highest BCUT2D eigenvalue weighted by Gasteiger charge is 2.30. The summed E-state index contributed by atoms with van der Waals surface area (Å²) in [5.41, 5.74) is 0.430. The SMILES string of the molecule is N#C/C(=C\c1ccccc1OCc1cccc(C(F)(F)F)c1)C(=O)NCc1ccc(F)cc1. The maximum atomic E-state index is 13.0. The van der Waals surface area contributed by atoms with Crippen molar-refractivity contribution in [2.75, 3.05) is 0 Å². The van der Waals surface area contributed by atoms with E-state index in [1.807, 2.05) is 6.07 Å². The summed E-state index contributed by atoms with van der Waals surface area (Å²) in [4.78, 5) is 12.4. The summed E-state index contributed by atoms with van der Waals surface area (Å²) < 4.78 is 57.4. The lowest BCUT2D eigenvalue weighted by atomic mass is 10.1. The Morgan fingerprint density at radius 3 is 2.42 bits per heavy atom. The van der Waals surface area contributed by atoms with Crippen LogP contribution in [0.3, 0.4) is 0 Å². The lowest BCUT2D eigenvalue weighted by Gasteiger charge is -2.12. The number of alkyl halides is 3. The highest BCUT2D eigenvalue weighted by Crippen LogP contribution is 2.30. The van der Waals surface area contributed by atoms with Gasteiger partial charge in [0.1, 0.15) is 29.8 Å². The zero-order valence-electron chi connectivity index (χ0n) is 17.2. The molecule has 0 aromatic heterocycles. The zero-order chi connectivity index (χ0) is 23.8. The van der Waals surface area contributed by atoms with Gasteiger partial charge in [-0.15, -0.1) is 0 Å². The molecule has 0 unspecified atom stereocenters. The molecule has 0 fully saturated rings. The normalized spacial score (nSPS) is 11.5. The Kier molecular flexibility index (Phi) is 7.46. The van der Waals surface area contributed by atoms with Gasteiger partial charge in [0, 0.05) is 12.1 Å². The first-order valence-electron chi connectivity index (χ1n) is 9.78. The van der Waals surface area contributed by atoms with E-state index < -0.39 is 23.5 Å². The van der Waals surface area contributed by atoms with Crippen molar-refractivity contribution in [3.63, 3.8) is 0 Å². The molecule has 0 heterocycles. The molecule has 0 atom stereocenters. The van der Waals surface area contributed by atoms with E-state index >= 15 is 0 Å². The average Bonchev–Trinajstić information content (AvgIpc) is 2.81. The van der Waals surface area contributed by atoms with Crippen LogP contribution >= 0.6 is 0 Å². The van der Waals surface area contributed by atoms with Crippen LogP contribution in [-0.4, -0.2) is 5.91 Å². The molecule has 4 nitrogen and oxygen atoms in total. The van der Waals surface area contributed by atoms with E-state index in [-0.39, 0.29) is 18.7 Å². The second-order valence-electron chi connectivity index (χ2n) is 7.00. The van der Waals surface area contributed by atoms with Gasteiger partial charge in [-0.1, -0.05) is 42.5 Å². The first-order chi connectivity index (χ1) is 15.8. The Morgan fingerprint density at radius 2 is 1.73 bits per heavy atom. The van der Waals surface area contributed by atoms with Crippen LogP contribution in [0.4, 0.5) is 17.6 Å². The maximum Gasteiger partial charge on any atom is 0.416 e. The van der Waals surface area contributed by atoms with Crippen LogP contribution in [0.25, 0.3) is 6.08 Å². The summed E-state index contributed by atoms with van der Waals surface area (Å²) in [6, 6.07) is 18.7. The van der Waals surface area contributed by atoms with E-state index in [1.165, 1.54) is 42.5 Å². The third-order valence-electron chi connectivity index (χ3n) is 4.60. The summed E-state index contributed by atoms with van der Waals surface area (Å²) in [6.45, 7) is -0.0285. The predicted octanol–water partition coefficient (Wildman–Crippen LogP) is 5.65. The van der Waals surface area contributed by atoms with E-state index in [0.29, 0.717) is 22.4 Å². The standard InChI is InChI=1S/C25H18F4N2O2/c26-22-10-8-17(9-11-22)15-31-24(32)20(14-30)13-19-5-1-2-7-23(19)33-16-18-4-3-6-21(12-18)25(27,28)29/h1-13H,15-16H2,(H,31,32)/b20-13+. The molecule has 0 saturated carbocycles. The lowest BCUT2D eigenvalue weighted by Crippen LogP contribution is -2.23. The number of amides is 1. The quantitative estimate of drug-likeness (QED) is 0.285. The second-order valence-corrected chi connectivity index (χ2v) is 7.00. The summed E-state index contributed by atoms with van der Waals surface area (Å²) in [6.07, 6.45) is -3.12. The van der Waals surface area contributed by atoms with Gasteiger partial charge in [-0.3, -0.25) is 4.79 Å². The molecule has 33 heavy (non-hydrogen) atoms. The van der Waals surface area contributed by atoms with Crippen LogP contribution in [0.5, 0.6) is 5.75 Å². The first kappa shape index (κ1) is 23.5. The van der Waals surface area contributed by atoms with Gasteiger partial charge in [0.25, 0.3) is 5.91 Å². The number of benzene rings is 3. The molecule has 1 amide bonds. The number of nitrogens with zero attached hydrogens (tertiary/aromatic N) is 1. The molecule has 3 rings (SSSR count). The van der Waals surface area contributed by atoms with Gasteiger partial charge in [0.2, 0.25) is 0 Å². The minimum Gasteiger partial charge on any atom is -0.488 e. The topological polar surface area (TPSA) is 62.1 Å². The van der Waals surface area contributed by atoms with Crippen molar-refractivity contribution in [1.29, 1.82) is 5.26 Å². The van der Waals surface area contributed by atoms with E-state index in [1.54, 1.807) is 24.3 Å². The first-order valence-corrected chi connectivity index (χ1v) is 9.78. The van der Waals surface area contributed by atoms with Crippen molar-refractivity contribution in [3.05, 3.63) is 106 Å². The maximum absolute atomic E-state index is 13.0. The van der Waals surface area contributed by atoms with Crippen molar-refractivity contribution in [2.45, 2.75) is 19.3 Å². The van der Waals surface area contributed by atoms with Gasteiger partial charge in [0.15, 0.2) is 0 Å². The largest absolute Gasteiger partial charge is 0.488 e. The fourth-order valence-electron chi connectivity index (χ4n) is 2.91. The van der Waals surface area contributed by atoms with Crippen molar-refractivity contribution in [2.24, 2.45) is 0 Å². The number of nitriles is 1. The highest BCUT2D eigenvalue weighted by atomic mass is 19.4. The molecule has 8 heteroatoms. The van der Waals surface area contributed by atoms with Gasteiger partial charge in [-0.2, -0.15) is 18.4 Å². The van der Waals surface area contributed by atoms with Crippen LogP contribution in [0, 0.1) is 17.1 Å². The van der Waals surface area contributed by atoms with Gasteiger partial charge in [-0.05, 0) is 47.5 Å². The van der Waals surface area contributed by atoms with Crippen LogP contribution in [0.2, 0.25) is 0 Å². The zero-order valence-corrected chi connectivity index (χ0v) is 17.2. The summed E-state index contributed by atoms with van der Waals surface area (Å²) in [5.74, 6) is -0.729. The molecule has 0 aliphatic heterocycles. The molecule has 3 aromatic rings. The number of para-hydroxylation sites is 1. The fourth-order valence-corrected chi connectivity index (χ4v) is 2.91. The van der Waals surface area contributed by atoms with Gasteiger partial charge in [0.05, 0.1) is 5.56 Å². The van der Waals surface area contributed by atoms with Crippen LogP contribution in [0.1, 0.15) is 22.3 Å². The Hall–Kier alpha value is -4.12. The number of halogens is 4. The van der Waals surface area contributed by atoms with E-state index in [4.69, 9.17) is 4.74 Å². The number of carbonyl (C=O) groups excluding carboxylic acids is 1. The molecule has 3 aromatic carbocycles. The van der Waals surface area contributed by atoms with E-state index in [2.05, 4.69) is 5.32 Å². The third kappa shape index (κ3) is 6.68. The molecule has 0 spiro atoms. The van der Waals surface area contributed by atoms with Crippen molar-refractivity contribution in [1.82, 2.24) is 5.32 Å². The van der Waals surface area contributed by atoms with E-state index in [0.717, 1.165) is 12.1 Å². The molecular weight excluding hydrogens is 436 g/mol. The lowest BCUT2D eigenvalue weighted by molar-refractivity contribution is -0.137. The van der Waals surface area contributed by atoms with Crippen molar-refractivity contribution >= 4 is 12.0 Å². The smallest absolute Gasteiger partial charge is 0.416 e. The monoisotopic (exact) mass is 454 g/mol. The van der Waals surface area contributed by atoms with E-state index in [9.17, 15) is 27.6 Å². The number of nitrogens with one attached hydrogen (secondary N) is 1. The Balaban J connectivity index is 1.72. The van der Waals surface area contributed by atoms with Gasteiger partial charge >= 0.3 is 6.18 Å². The average molecular weight is 454 g/mol. The molecule has 0 radical (unpaired) electrons.